The fraction of sp³-hybridized carbons (Fsp3) is 0.258. The zero-order valence-electron chi connectivity index (χ0n) is 22.5. The van der Waals surface area contributed by atoms with Crippen LogP contribution in [0, 0.1) is 0 Å². The number of fused-ring (bicyclic) bond motifs is 1. The summed E-state index contributed by atoms with van der Waals surface area (Å²) in [4.78, 5) is 33.6. The molecule has 1 saturated carbocycles. The zero-order chi connectivity index (χ0) is 28.4. The van der Waals surface area contributed by atoms with Crippen LogP contribution >= 0.6 is 0 Å². The van der Waals surface area contributed by atoms with Crippen molar-refractivity contribution in [3.63, 3.8) is 0 Å². The van der Waals surface area contributed by atoms with E-state index in [-0.39, 0.29) is 16.8 Å². The first-order valence-corrected chi connectivity index (χ1v) is 15.3. The highest BCUT2D eigenvalue weighted by Crippen LogP contribution is 2.36. The lowest BCUT2D eigenvalue weighted by Crippen LogP contribution is -2.51. The molecule has 2 aliphatic rings. The Hall–Kier alpha value is -4.44. The minimum absolute atomic E-state index is 0.0864. The third-order valence-corrected chi connectivity index (χ3v) is 9.27. The van der Waals surface area contributed by atoms with E-state index in [0.717, 1.165) is 11.1 Å². The molecule has 9 nitrogen and oxygen atoms in total. The molecule has 2 heterocycles. The minimum atomic E-state index is -3.89. The Balaban J connectivity index is 1.03. The Morgan fingerprint density at radius 3 is 2.12 bits per heavy atom. The molecule has 3 amide bonds. The van der Waals surface area contributed by atoms with E-state index in [1.54, 1.807) is 52.4 Å². The van der Waals surface area contributed by atoms with Crippen LogP contribution in [-0.4, -0.2) is 61.3 Å². The second-order valence-electron chi connectivity index (χ2n) is 10.5. The van der Waals surface area contributed by atoms with Gasteiger partial charge >= 0.3 is 6.03 Å². The Labute approximate surface area is 239 Å². The van der Waals surface area contributed by atoms with Crippen LogP contribution in [0.2, 0.25) is 0 Å². The van der Waals surface area contributed by atoms with Crippen molar-refractivity contribution in [1.82, 2.24) is 14.8 Å². The van der Waals surface area contributed by atoms with Crippen LogP contribution in [0.25, 0.3) is 10.9 Å². The molecule has 1 saturated heterocycles. The van der Waals surface area contributed by atoms with Gasteiger partial charge in [0, 0.05) is 54.7 Å². The van der Waals surface area contributed by atoms with Crippen molar-refractivity contribution in [1.29, 1.82) is 0 Å². The number of amides is 3. The van der Waals surface area contributed by atoms with Gasteiger partial charge in [-0.25, -0.2) is 13.2 Å². The minimum Gasteiger partial charge on any atom is -0.335 e. The molecule has 0 atom stereocenters. The molecule has 2 fully saturated rings. The SMILES string of the molecule is O=C(Nc1ccc(C2CCC2)cc1)N1CCN(C(=O)c2ccc(NS(=O)(=O)c3cccc4cccnc34)cc2)CC1. The zero-order valence-corrected chi connectivity index (χ0v) is 23.3. The van der Waals surface area contributed by atoms with Crippen LogP contribution in [0.1, 0.15) is 41.1 Å². The number of pyridine rings is 1. The summed E-state index contributed by atoms with van der Waals surface area (Å²) in [6.45, 7) is 1.67. The fourth-order valence-electron chi connectivity index (χ4n) is 5.26. The first-order chi connectivity index (χ1) is 19.9. The molecule has 10 heteroatoms. The van der Waals surface area contributed by atoms with E-state index in [0.29, 0.717) is 48.9 Å². The van der Waals surface area contributed by atoms with Gasteiger partial charge in [0.25, 0.3) is 15.9 Å². The van der Waals surface area contributed by atoms with Crippen molar-refractivity contribution >= 4 is 44.2 Å². The van der Waals surface area contributed by atoms with Crippen LogP contribution in [0.4, 0.5) is 16.2 Å². The molecular formula is C31H31N5O4S. The summed E-state index contributed by atoms with van der Waals surface area (Å²) in [6, 6.07) is 22.8. The number of rotatable bonds is 6. The summed E-state index contributed by atoms with van der Waals surface area (Å²) in [5, 5.41) is 3.69. The molecule has 0 unspecified atom stereocenters. The van der Waals surface area contributed by atoms with Crippen molar-refractivity contribution in [3.8, 4) is 0 Å². The van der Waals surface area contributed by atoms with Gasteiger partial charge in [0.05, 0.1) is 5.52 Å². The van der Waals surface area contributed by atoms with E-state index in [2.05, 4.69) is 27.2 Å². The Bertz CT molecular complexity index is 1670. The molecular weight excluding hydrogens is 538 g/mol. The predicted molar refractivity (Wildman–Crippen MR) is 159 cm³/mol. The van der Waals surface area contributed by atoms with Gasteiger partial charge < -0.3 is 15.1 Å². The van der Waals surface area contributed by atoms with Gasteiger partial charge in [-0.15, -0.1) is 0 Å². The molecule has 210 valence electrons. The first-order valence-electron chi connectivity index (χ1n) is 13.8. The summed E-state index contributed by atoms with van der Waals surface area (Å²) in [5.74, 6) is 0.489. The lowest BCUT2D eigenvalue weighted by molar-refractivity contribution is 0.0671. The van der Waals surface area contributed by atoms with Crippen LogP contribution in [0.15, 0.2) is 90.0 Å². The standard InChI is InChI=1S/C31H31N5O4S/c37-30(35-18-20-36(21-19-35)31(38)33-26-13-9-23(10-14-26)22-4-1-5-22)25-11-15-27(16-12-25)34-41(39,40)28-8-2-6-24-7-3-17-32-29(24)28/h2-3,6-17,22,34H,1,4-5,18-21H2,(H,33,38). The van der Waals surface area contributed by atoms with E-state index in [9.17, 15) is 18.0 Å². The highest BCUT2D eigenvalue weighted by molar-refractivity contribution is 7.93. The molecule has 41 heavy (non-hydrogen) atoms. The summed E-state index contributed by atoms with van der Waals surface area (Å²) >= 11 is 0. The van der Waals surface area contributed by atoms with Crippen LogP contribution < -0.4 is 10.0 Å². The topological polar surface area (TPSA) is 112 Å². The smallest absolute Gasteiger partial charge is 0.321 e. The van der Waals surface area contributed by atoms with Gasteiger partial charge in [0.2, 0.25) is 0 Å². The quantitative estimate of drug-likeness (QED) is 0.328. The monoisotopic (exact) mass is 569 g/mol. The number of piperazine rings is 1. The van der Waals surface area contributed by atoms with E-state index < -0.39 is 10.0 Å². The third-order valence-electron chi connectivity index (χ3n) is 7.86. The van der Waals surface area contributed by atoms with E-state index in [4.69, 9.17) is 0 Å². The Morgan fingerprint density at radius 2 is 1.44 bits per heavy atom. The van der Waals surface area contributed by atoms with Crippen molar-refractivity contribution < 1.29 is 18.0 Å². The molecule has 1 aliphatic heterocycles. The molecule has 3 aromatic carbocycles. The summed E-state index contributed by atoms with van der Waals surface area (Å²) in [5.41, 5.74) is 3.28. The molecule has 0 radical (unpaired) electrons. The van der Waals surface area contributed by atoms with Crippen LogP contribution in [-0.2, 0) is 10.0 Å². The number of carbonyl (C=O) groups is 2. The molecule has 0 spiro atoms. The van der Waals surface area contributed by atoms with Crippen LogP contribution in [0.5, 0.6) is 0 Å². The van der Waals surface area contributed by atoms with Crippen LogP contribution in [0.3, 0.4) is 0 Å². The fourth-order valence-corrected chi connectivity index (χ4v) is 6.50. The van der Waals surface area contributed by atoms with Gasteiger partial charge in [-0.05, 0) is 72.9 Å². The lowest BCUT2D eigenvalue weighted by atomic mass is 9.80. The number of aromatic nitrogens is 1. The molecule has 6 rings (SSSR count). The first kappa shape index (κ1) is 26.8. The van der Waals surface area contributed by atoms with Crippen molar-refractivity contribution in [2.75, 3.05) is 36.2 Å². The summed E-state index contributed by atoms with van der Waals surface area (Å²) in [7, 11) is -3.89. The highest BCUT2D eigenvalue weighted by atomic mass is 32.2. The summed E-state index contributed by atoms with van der Waals surface area (Å²) < 4.78 is 28.7. The normalized spacial score (nSPS) is 15.8. The number of nitrogens with zero attached hydrogens (tertiary/aromatic N) is 3. The number of urea groups is 1. The maximum Gasteiger partial charge on any atom is 0.321 e. The number of sulfonamides is 1. The number of hydrogen-bond donors (Lipinski definition) is 2. The Kier molecular flexibility index (Phi) is 7.32. The highest BCUT2D eigenvalue weighted by Gasteiger charge is 2.26. The third kappa shape index (κ3) is 5.74. The van der Waals surface area contributed by atoms with Gasteiger partial charge in [0.1, 0.15) is 4.90 Å². The number of para-hydroxylation sites is 1. The van der Waals surface area contributed by atoms with Gasteiger partial charge in [-0.2, -0.15) is 0 Å². The van der Waals surface area contributed by atoms with E-state index >= 15 is 0 Å². The average Bonchev–Trinajstić information content (AvgIpc) is 2.97. The lowest BCUT2D eigenvalue weighted by Gasteiger charge is -2.34. The molecule has 1 aliphatic carbocycles. The van der Waals surface area contributed by atoms with Gasteiger partial charge in [-0.1, -0.05) is 36.8 Å². The molecule has 4 aromatic rings. The van der Waals surface area contributed by atoms with E-state index in [1.165, 1.54) is 30.9 Å². The van der Waals surface area contributed by atoms with Crippen molar-refractivity contribution in [3.05, 3.63) is 96.2 Å². The van der Waals surface area contributed by atoms with Crippen molar-refractivity contribution in [2.24, 2.45) is 0 Å². The number of carbonyl (C=O) groups excluding carboxylic acids is 2. The maximum absolute atomic E-state index is 13.1. The second kappa shape index (κ2) is 11.2. The number of nitrogens with one attached hydrogen (secondary N) is 2. The number of anilines is 2. The Morgan fingerprint density at radius 1 is 0.780 bits per heavy atom. The molecule has 0 bridgehead atoms. The maximum atomic E-state index is 13.1. The number of hydrogen-bond acceptors (Lipinski definition) is 5. The molecule has 2 N–H and O–H groups in total. The molecule has 1 aromatic heterocycles. The second-order valence-corrected chi connectivity index (χ2v) is 12.1. The average molecular weight is 570 g/mol. The number of benzene rings is 3. The largest absolute Gasteiger partial charge is 0.335 e. The van der Waals surface area contributed by atoms with Gasteiger partial charge in [0.15, 0.2) is 0 Å². The van der Waals surface area contributed by atoms with Crippen molar-refractivity contribution in [2.45, 2.75) is 30.1 Å². The van der Waals surface area contributed by atoms with Gasteiger partial charge in [-0.3, -0.25) is 14.5 Å². The predicted octanol–water partition coefficient (Wildman–Crippen LogP) is 5.29. The van der Waals surface area contributed by atoms with E-state index in [1.807, 2.05) is 24.3 Å². The summed E-state index contributed by atoms with van der Waals surface area (Å²) in [6.07, 6.45) is 5.32.